The number of piperidine rings is 1. The van der Waals surface area contributed by atoms with Crippen LogP contribution in [0.1, 0.15) is 53.2 Å². The van der Waals surface area contributed by atoms with Gasteiger partial charge in [0.25, 0.3) is 0 Å². The third-order valence-corrected chi connectivity index (χ3v) is 7.21. The van der Waals surface area contributed by atoms with Gasteiger partial charge in [0.1, 0.15) is 11.4 Å². The van der Waals surface area contributed by atoms with Crippen LogP contribution in [-0.4, -0.2) is 49.0 Å². The average molecular weight is 484 g/mol. The van der Waals surface area contributed by atoms with Gasteiger partial charge >= 0.3 is 0 Å². The van der Waals surface area contributed by atoms with E-state index < -0.39 is 5.60 Å². The number of carbonyl (C=O) groups excluding carboxylic acids is 2. The molecule has 1 fully saturated rings. The van der Waals surface area contributed by atoms with Gasteiger partial charge in [0.05, 0.1) is 25.7 Å². The molecule has 0 aromatic heterocycles. The summed E-state index contributed by atoms with van der Waals surface area (Å²) < 4.78 is 17.3. The molecule has 7 heteroatoms. The summed E-state index contributed by atoms with van der Waals surface area (Å²) in [4.78, 5) is 27.6. The minimum absolute atomic E-state index is 0.0600. The van der Waals surface area contributed by atoms with Gasteiger partial charge in [-0.05, 0) is 61.7 Å². The molecule has 2 heterocycles. The number of ketones is 1. The number of carbonyl (C=O) groups is 2. The Balaban J connectivity index is 1.42. The van der Waals surface area contributed by atoms with E-state index in [0.717, 1.165) is 16.7 Å². The zero-order chi connectivity index (χ0) is 24.5. The number of Topliss-reactive ketones (excluding diaryl/α,β-unsaturated/α-hetero) is 1. The third-order valence-electron chi connectivity index (χ3n) is 6.62. The van der Waals surface area contributed by atoms with E-state index in [4.69, 9.17) is 25.8 Å². The topological polar surface area (TPSA) is 65.1 Å². The maximum absolute atomic E-state index is 13.0. The van der Waals surface area contributed by atoms with Crippen LogP contribution < -0.4 is 14.2 Å². The highest BCUT2D eigenvalue weighted by Gasteiger charge is 2.44. The molecule has 2 aliphatic rings. The Kier molecular flexibility index (Phi) is 6.89. The van der Waals surface area contributed by atoms with E-state index in [1.807, 2.05) is 45.0 Å². The summed E-state index contributed by atoms with van der Waals surface area (Å²) in [5.41, 5.74) is 2.55. The first kappa shape index (κ1) is 24.1. The fourth-order valence-corrected chi connectivity index (χ4v) is 4.90. The van der Waals surface area contributed by atoms with E-state index in [0.29, 0.717) is 66.8 Å². The Hall–Kier alpha value is -2.99. The molecule has 1 spiro atoms. The molecular formula is C27H30ClNO5. The Morgan fingerprint density at radius 1 is 1.21 bits per heavy atom. The molecule has 0 aliphatic carbocycles. The van der Waals surface area contributed by atoms with Crippen LogP contribution in [0.3, 0.4) is 0 Å². The number of fused-ring (bicyclic) bond motifs is 1. The lowest BCUT2D eigenvalue weighted by molar-refractivity contribution is -0.129. The average Bonchev–Trinajstić information content (AvgIpc) is 2.82. The molecule has 2 aromatic rings. The first-order chi connectivity index (χ1) is 16.3. The van der Waals surface area contributed by atoms with Crippen LogP contribution in [0.15, 0.2) is 30.3 Å². The van der Waals surface area contributed by atoms with Crippen molar-refractivity contribution in [2.45, 2.75) is 45.6 Å². The van der Waals surface area contributed by atoms with E-state index in [1.165, 1.54) is 0 Å². The van der Waals surface area contributed by atoms with Crippen LogP contribution in [0, 0.1) is 13.8 Å². The monoisotopic (exact) mass is 483 g/mol. The van der Waals surface area contributed by atoms with Gasteiger partial charge in [-0.1, -0.05) is 17.7 Å². The molecule has 0 bridgehead atoms. The van der Waals surface area contributed by atoms with Gasteiger partial charge in [-0.25, -0.2) is 0 Å². The molecule has 6 nitrogen and oxygen atoms in total. The van der Waals surface area contributed by atoms with Crippen molar-refractivity contribution < 1.29 is 23.8 Å². The lowest BCUT2D eigenvalue weighted by Crippen LogP contribution is -2.52. The highest BCUT2D eigenvalue weighted by atomic mass is 35.5. The largest absolute Gasteiger partial charge is 0.493 e. The van der Waals surface area contributed by atoms with Crippen LogP contribution in [0.5, 0.6) is 17.2 Å². The molecule has 0 radical (unpaired) electrons. The zero-order valence-corrected chi connectivity index (χ0v) is 20.8. The number of halogens is 1. The second-order valence-corrected chi connectivity index (χ2v) is 9.27. The smallest absolute Gasteiger partial charge is 0.246 e. The van der Waals surface area contributed by atoms with Crippen molar-refractivity contribution in [1.82, 2.24) is 4.90 Å². The summed E-state index contributed by atoms with van der Waals surface area (Å²) in [6.45, 7) is 7.31. The van der Waals surface area contributed by atoms with E-state index in [9.17, 15) is 9.59 Å². The molecule has 2 aromatic carbocycles. The number of aryl methyl sites for hydroxylation is 1. The minimum atomic E-state index is -0.570. The molecule has 2 aliphatic heterocycles. The minimum Gasteiger partial charge on any atom is -0.493 e. The summed E-state index contributed by atoms with van der Waals surface area (Å²) in [7, 11) is 1.59. The first-order valence-corrected chi connectivity index (χ1v) is 11.9. The number of hydrogen-bond acceptors (Lipinski definition) is 5. The number of ether oxygens (including phenoxy) is 3. The number of amides is 1. The molecule has 34 heavy (non-hydrogen) atoms. The number of likely N-dealkylation sites (tertiary alicyclic amines) is 1. The summed E-state index contributed by atoms with van der Waals surface area (Å²) in [5.74, 6) is 1.90. The van der Waals surface area contributed by atoms with Crippen molar-refractivity contribution in [2.24, 2.45) is 0 Å². The Morgan fingerprint density at radius 2 is 1.94 bits per heavy atom. The molecule has 0 unspecified atom stereocenters. The first-order valence-electron chi connectivity index (χ1n) is 11.6. The normalized spacial score (nSPS) is 17.0. The van der Waals surface area contributed by atoms with Crippen molar-refractivity contribution >= 4 is 29.4 Å². The highest BCUT2D eigenvalue weighted by molar-refractivity contribution is 6.32. The number of benzene rings is 2. The van der Waals surface area contributed by atoms with Crippen LogP contribution in [-0.2, 0) is 4.79 Å². The van der Waals surface area contributed by atoms with Gasteiger partial charge in [0.2, 0.25) is 5.91 Å². The number of rotatable bonds is 5. The highest BCUT2D eigenvalue weighted by Crippen LogP contribution is 2.43. The quantitative estimate of drug-likeness (QED) is 0.532. The maximum atomic E-state index is 13.0. The summed E-state index contributed by atoms with van der Waals surface area (Å²) in [6, 6.07) is 7.42. The Morgan fingerprint density at radius 3 is 2.62 bits per heavy atom. The van der Waals surface area contributed by atoms with Crippen molar-refractivity contribution in [3.63, 3.8) is 0 Å². The number of hydrogen-bond donors (Lipinski definition) is 0. The van der Waals surface area contributed by atoms with Crippen LogP contribution >= 0.6 is 11.6 Å². The third kappa shape index (κ3) is 4.64. The van der Waals surface area contributed by atoms with Crippen LogP contribution in [0.4, 0.5) is 0 Å². The van der Waals surface area contributed by atoms with Crippen molar-refractivity contribution in [2.75, 3.05) is 26.8 Å². The number of methoxy groups -OCH3 is 1. The molecule has 180 valence electrons. The summed E-state index contributed by atoms with van der Waals surface area (Å²) in [5, 5.41) is 0.615. The van der Waals surface area contributed by atoms with Gasteiger partial charge in [-0.15, -0.1) is 0 Å². The standard InChI is InChI=1S/C27H30ClNO5/c1-5-33-21-8-6-19(15-22(21)32-4)7-9-24(31)29-12-10-27(11-13-29)16-20(30)25-18(3)26(28)17(2)14-23(25)34-27/h6-9,14-15H,5,10-13,16H2,1-4H3/b9-7+. The molecule has 0 atom stereocenters. The second kappa shape index (κ2) is 9.71. The Bertz CT molecular complexity index is 1150. The van der Waals surface area contributed by atoms with Gasteiger partial charge in [0.15, 0.2) is 17.3 Å². The number of nitrogens with zero attached hydrogens (tertiary/aromatic N) is 1. The zero-order valence-electron chi connectivity index (χ0n) is 20.1. The maximum Gasteiger partial charge on any atom is 0.246 e. The van der Waals surface area contributed by atoms with Gasteiger partial charge < -0.3 is 19.1 Å². The fourth-order valence-electron chi connectivity index (χ4n) is 4.75. The molecule has 1 amide bonds. The Labute approximate surface area is 205 Å². The molecule has 0 N–H and O–H groups in total. The van der Waals surface area contributed by atoms with Gasteiger partial charge in [-0.2, -0.15) is 0 Å². The lowest BCUT2D eigenvalue weighted by atomic mass is 9.81. The van der Waals surface area contributed by atoms with E-state index in [-0.39, 0.29) is 11.7 Å². The molecule has 0 saturated carbocycles. The van der Waals surface area contributed by atoms with Gasteiger partial charge in [-0.3, -0.25) is 9.59 Å². The lowest BCUT2D eigenvalue weighted by Gasteiger charge is -2.44. The van der Waals surface area contributed by atoms with Crippen LogP contribution in [0.25, 0.3) is 6.08 Å². The van der Waals surface area contributed by atoms with E-state index in [1.54, 1.807) is 24.2 Å². The van der Waals surface area contributed by atoms with Gasteiger partial charge in [0, 0.05) is 37.0 Å². The van der Waals surface area contributed by atoms with E-state index >= 15 is 0 Å². The van der Waals surface area contributed by atoms with E-state index in [2.05, 4.69) is 0 Å². The predicted molar refractivity (Wildman–Crippen MR) is 132 cm³/mol. The summed E-state index contributed by atoms with van der Waals surface area (Å²) >= 11 is 6.35. The second-order valence-electron chi connectivity index (χ2n) is 8.89. The molecule has 4 rings (SSSR count). The molecule has 1 saturated heterocycles. The van der Waals surface area contributed by atoms with Crippen molar-refractivity contribution in [1.29, 1.82) is 0 Å². The van der Waals surface area contributed by atoms with Crippen molar-refractivity contribution in [3.8, 4) is 17.2 Å². The van der Waals surface area contributed by atoms with Crippen LogP contribution in [0.2, 0.25) is 5.02 Å². The van der Waals surface area contributed by atoms with Crippen molar-refractivity contribution in [3.05, 3.63) is 57.6 Å². The fraction of sp³-hybridized carbons (Fsp3) is 0.407. The summed E-state index contributed by atoms with van der Waals surface area (Å²) in [6.07, 6.45) is 4.87. The molecular weight excluding hydrogens is 454 g/mol. The predicted octanol–water partition coefficient (Wildman–Crippen LogP) is 5.40. The SMILES string of the molecule is CCOc1ccc(/C=C/C(=O)N2CCC3(CC2)CC(=O)c2c(cc(C)c(Cl)c2C)O3)cc1OC.